The third-order valence-corrected chi connectivity index (χ3v) is 1.34. The van der Waals surface area contributed by atoms with Crippen molar-refractivity contribution in [1.82, 2.24) is 17.2 Å². The average molecular weight is 233 g/mol. The molecular weight excluding hydrogens is 209 g/mol. The Morgan fingerprint density at radius 3 is 1.07 bits per heavy atom. The summed E-state index contributed by atoms with van der Waals surface area (Å²) in [6.07, 6.45) is 0. The zero-order valence-corrected chi connectivity index (χ0v) is 10.1. The highest BCUT2D eigenvalue weighted by atomic mass is 31.2. The number of hydrogen-bond donors (Lipinski definition) is 5. The minimum absolute atomic E-state index is 0. The van der Waals surface area contributed by atoms with Gasteiger partial charge in [-0.25, -0.2) is 4.57 Å². The smallest absolute Gasteiger partial charge is 0.344 e. The molecule has 0 amide bonds. The summed E-state index contributed by atoms with van der Waals surface area (Å²) in [5.41, 5.74) is 0. The third kappa shape index (κ3) is 40.4. The van der Waals surface area contributed by atoms with Gasteiger partial charge in [0, 0.05) is 0 Å². The van der Waals surface area contributed by atoms with Crippen LogP contribution in [0.25, 0.3) is 0 Å². The van der Waals surface area contributed by atoms with Crippen molar-refractivity contribution < 1.29 is 19.2 Å². The molecule has 0 saturated carbocycles. The Hall–Kier alpha value is -0.0100. The van der Waals surface area contributed by atoms with E-state index in [2.05, 4.69) is 25.7 Å². The molecule has 14 heavy (non-hydrogen) atoms. The summed E-state index contributed by atoms with van der Waals surface area (Å²) >= 11 is 0. The van der Waals surface area contributed by atoms with Crippen LogP contribution in [-0.2, 0) is 4.57 Å². The summed E-state index contributed by atoms with van der Waals surface area (Å²) in [7, 11) is -4.64. The molecule has 0 spiro atoms. The molecule has 7 nitrogen and oxygen atoms in total. The molecule has 0 atom stereocenters. The largest absolute Gasteiger partial charge is 0.466 e. The van der Waals surface area contributed by atoms with E-state index in [1.54, 1.807) is 0 Å². The van der Waals surface area contributed by atoms with Gasteiger partial charge in [-0.3, -0.25) is 0 Å². The average Bonchev–Trinajstić information content (AvgIpc) is 1.88. The number of phosphoric acid groups is 1. The van der Waals surface area contributed by atoms with Crippen molar-refractivity contribution in [2.45, 2.75) is 20.8 Å². The van der Waals surface area contributed by atoms with E-state index in [1.807, 2.05) is 0 Å². The lowest BCUT2D eigenvalue weighted by molar-refractivity contribution is 0.275. The fourth-order valence-corrected chi connectivity index (χ4v) is 0.671. The lowest BCUT2D eigenvalue weighted by Crippen LogP contribution is -2.21. The predicted molar refractivity (Wildman–Crippen MR) is 57.8 cm³/mol. The summed E-state index contributed by atoms with van der Waals surface area (Å²) in [5, 5.41) is 0. The van der Waals surface area contributed by atoms with Crippen LogP contribution >= 0.6 is 7.82 Å². The van der Waals surface area contributed by atoms with E-state index in [1.165, 1.54) is 19.6 Å². The first-order chi connectivity index (χ1) is 5.35. The number of nitrogens with zero attached hydrogens (tertiary/aromatic N) is 1. The molecule has 0 aliphatic carbocycles. The van der Waals surface area contributed by atoms with Crippen LogP contribution in [0.5, 0.6) is 0 Å². The normalized spacial score (nSPS) is 9.36. The van der Waals surface area contributed by atoms with Crippen LogP contribution in [-0.4, -0.2) is 39.2 Å². The number of hydrogen-bond acceptors (Lipinski definition) is 4. The van der Waals surface area contributed by atoms with Gasteiger partial charge in [0.15, 0.2) is 0 Å². The molecule has 0 rings (SSSR count). The van der Waals surface area contributed by atoms with Crippen LogP contribution in [0.3, 0.4) is 0 Å². The molecule has 0 aromatic carbocycles. The highest BCUT2D eigenvalue weighted by Gasteiger charge is 2.00. The molecule has 9 N–H and O–H groups in total. The lowest BCUT2D eigenvalue weighted by atomic mass is 10.5. The third-order valence-electron chi connectivity index (χ3n) is 1.34. The first-order valence-corrected chi connectivity index (χ1v) is 5.42. The fourth-order valence-electron chi connectivity index (χ4n) is 0.671. The highest BCUT2D eigenvalue weighted by Crippen LogP contribution is 2.25. The van der Waals surface area contributed by atoms with E-state index < -0.39 is 7.82 Å². The van der Waals surface area contributed by atoms with Gasteiger partial charge >= 0.3 is 7.82 Å². The predicted octanol–water partition coefficient (Wildman–Crippen LogP) is 0.744. The van der Waals surface area contributed by atoms with Crippen molar-refractivity contribution in [2.24, 2.45) is 0 Å². The van der Waals surface area contributed by atoms with Gasteiger partial charge in [-0.2, -0.15) is 0 Å². The van der Waals surface area contributed by atoms with Crippen LogP contribution in [0, 0.1) is 0 Å². The van der Waals surface area contributed by atoms with Crippen molar-refractivity contribution in [1.29, 1.82) is 0 Å². The number of rotatable bonds is 3. The maximum absolute atomic E-state index is 8.88. The topological polar surface area (TPSA) is 151 Å². The van der Waals surface area contributed by atoms with Gasteiger partial charge in [0.1, 0.15) is 0 Å². The summed E-state index contributed by atoms with van der Waals surface area (Å²) in [5.74, 6) is 0. The van der Waals surface area contributed by atoms with Crippen LogP contribution in [0.4, 0.5) is 0 Å². The van der Waals surface area contributed by atoms with Crippen LogP contribution in [0.15, 0.2) is 0 Å². The zero-order valence-electron chi connectivity index (χ0n) is 9.18. The summed E-state index contributed by atoms with van der Waals surface area (Å²) in [6, 6.07) is 0. The van der Waals surface area contributed by atoms with E-state index in [4.69, 9.17) is 19.2 Å². The van der Waals surface area contributed by atoms with Crippen LogP contribution in [0.1, 0.15) is 20.8 Å². The Morgan fingerprint density at radius 1 is 0.929 bits per heavy atom. The second-order valence-electron chi connectivity index (χ2n) is 2.13. The second-order valence-corrected chi connectivity index (χ2v) is 3.16. The van der Waals surface area contributed by atoms with Crippen molar-refractivity contribution in [3.63, 3.8) is 0 Å². The van der Waals surface area contributed by atoms with Crippen LogP contribution < -0.4 is 12.3 Å². The molecule has 0 fully saturated rings. The molecule has 0 aromatic heterocycles. The van der Waals surface area contributed by atoms with Gasteiger partial charge in [0.2, 0.25) is 0 Å². The summed E-state index contributed by atoms with van der Waals surface area (Å²) in [6.45, 7) is 10.1. The van der Waals surface area contributed by atoms with E-state index >= 15 is 0 Å². The lowest BCUT2D eigenvalue weighted by Gasteiger charge is -2.13. The molecule has 8 heteroatoms. The molecule has 0 radical (unpaired) electrons. The second kappa shape index (κ2) is 13.0. The zero-order chi connectivity index (χ0) is 10.2. The molecular formula is C6H24N3O4P. The standard InChI is InChI=1S/C6H15N.2H3N.H3O4P/c1-4-7(5-2)6-3;;;1-5(2,3)4/h4-6H2,1-3H3;2*1H3;(H3,1,2,3,4). The van der Waals surface area contributed by atoms with E-state index in [-0.39, 0.29) is 12.3 Å². The Bertz CT molecular complexity index is 123. The molecule has 0 aliphatic heterocycles. The Morgan fingerprint density at radius 2 is 1.07 bits per heavy atom. The minimum Gasteiger partial charge on any atom is -0.344 e. The highest BCUT2D eigenvalue weighted by molar-refractivity contribution is 7.45. The van der Waals surface area contributed by atoms with Crippen molar-refractivity contribution in [3.8, 4) is 0 Å². The molecule has 92 valence electrons. The minimum atomic E-state index is -4.64. The van der Waals surface area contributed by atoms with Gasteiger partial charge in [0.05, 0.1) is 0 Å². The first-order valence-electron chi connectivity index (χ1n) is 3.85. The molecule has 0 aliphatic rings. The van der Waals surface area contributed by atoms with Crippen LogP contribution in [0.2, 0.25) is 0 Å². The summed E-state index contributed by atoms with van der Waals surface area (Å²) in [4.78, 5) is 23.9. The van der Waals surface area contributed by atoms with Gasteiger partial charge in [-0.1, -0.05) is 20.8 Å². The van der Waals surface area contributed by atoms with Gasteiger partial charge in [-0.05, 0) is 19.6 Å². The fraction of sp³-hybridized carbons (Fsp3) is 1.00. The maximum Gasteiger partial charge on any atom is 0.466 e. The first kappa shape index (κ1) is 23.7. The summed E-state index contributed by atoms with van der Waals surface area (Å²) < 4.78 is 8.88. The quantitative estimate of drug-likeness (QED) is 0.451. The molecule has 0 saturated heterocycles. The SMILES string of the molecule is CCN(CC)CC.N.N.O=P(O)(O)O. The van der Waals surface area contributed by atoms with Gasteiger partial charge in [0.25, 0.3) is 0 Å². The molecule has 0 aromatic rings. The monoisotopic (exact) mass is 233 g/mol. The van der Waals surface area contributed by atoms with Gasteiger partial charge < -0.3 is 31.9 Å². The van der Waals surface area contributed by atoms with E-state index in [0.29, 0.717) is 0 Å². The van der Waals surface area contributed by atoms with Crippen molar-refractivity contribution in [3.05, 3.63) is 0 Å². The Balaban J connectivity index is -0.0000000651. The Labute approximate surface area is 85.5 Å². The van der Waals surface area contributed by atoms with Crippen molar-refractivity contribution in [2.75, 3.05) is 19.6 Å². The van der Waals surface area contributed by atoms with Crippen molar-refractivity contribution >= 4 is 7.82 Å². The maximum atomic E-state index is 8.88. The Kier molecular flexibility index (Phi) is 21.9. The molecule has 0 heterocycles. The van der Waals surface area contributed by atoms with Gasteiger partial charge in [-0.15, -0.1) is 0 Å². The molecule has 0 unspecified atom stereocenters. The molecule has 0 bridgehead atoms. The van der Waals surface area contributed by atoms with E-state index in [0.717, 1.165) is 0 Å². The van der Waals surface area contributed by atoms with E-state index in [9.17, 15) is 0 Å².